The summed E-state index contributed by atoms with van der Waals surface area (Å²) in [6.07, 6.45) is 0. The Bertz CT molecular complexity index is 719. The van der Waals surface area contributed by atoms with Crippen molar-refractivity contribution in [2.75, 3.05) is 6.61 Å². The van der Waals surface area contributed by atoms with Crippen LogP contribution in [0.3, 0.4) is 0 Å². The van der Waals surface area contributed by atoms with Crippen molar-refractivity contribution in [3.63, 3.8) is 0 Å². The van der Waals surface area contributed by atoms with Crippen molar-refractivity contribution >= 4 is 0 Å². The van der Waals surface area contributed by atoms with Gasteiger partial charge in [-0.25, -0.2) is 0 Å². The molecule has 0 aliphatic rings. The largest absolute Gasteiger partial charge is 0.397 e. The molecule has 1 N–H and O–H groups in total. The molecule has 3 aromatic carbocycles. The van der Waals surface area contributed by atoms with Gasteiger partial charge in [0.25, 0.3) is 0 Å². The number of hydrogen-bond donors (Lipinski definition) is 1. The SMILES string of the molecule is CCO.[CH2-]C(C)(C)c1ccccc1.[CH2-]C(C)(C)c1ccccc1.[CH2-]C(C)(C)c1ccccc1.[Hf]. The van der Waals surface area contributed by atoms with Crippen LogP contribution in [0.2, 0.25) is 0 Å². The molecule has 0 aromatic heterocycles. The van der Waals surface area contributed by atoms with Gasteiger partial charge in [-0.1, -0.05) is 149 Å². The van der Waals surface area contributed by atoms with Crippen LogP contribution in [0.4, 0.5) is 0 Å². The smallest absolute Gasteiger partial charge is 0.0402 e. The van der Waals surface area contributed by atoms with Gasteiger partial charge in [0.15, 0.2) is 0 Å². The first-order chi connectivity index (χ1) is 15.2. The molecule has 186 valence electrons. The molecular weight excluding hydrogens is 579 g/mol. The van der Waals surface area contributed by atoms with Gasteiger partial charge in [-0.3, -0.25) is 0 Å². The molecule has 34 heavy (non-hydrogen) atoms. The molecule has 0 aliphatic carbocycles. The van der Waals surface area contributed by atoms with Crippen molar-refractivity contribution < 1.29 is 30.9 Å². The summed E-state index contributed by atoms with van der Waals surface area (Å²) in [5.41, 5.74) is 3.99. The second kappa shape index (κ2) is 17.0. The number of benzene rings is 3. The summed E-state index contributed by atoms with van der Waals surface area (Å²) < 4.78 is 0. The molecule has 0 fully saturated rings. The molecule has 0 saturated heterocycles. The Balaban J connectivity index is 0. The molecule has 3 aromatic rings. The maximum absolute atomic E-state index is 7.57. The Morgan fingerprint density at radius 3 is 0.735 bits per heavy atom. The van der Waals surface area contributed by atoms with Crippen molar-refractivity contribution in [1.29, 1.82) is 0 Å². The van der Waals surface area contributed by atoms with Gasteiger partial charge in [0.1, 0.15) is 0 Å². The first-order valence-electron chi connectivity index (χ1n) is 11.6. The van der Waals surface area contributed by atoms with Crippen LogP contribution >= 0.6 is 0 Å². The monoisotopic (exact) mass is 625 g/mol. The number of rotatable bonds is 3. The number of aliphatic hydroxyl groups is 1. The fraction of sp³-hybridized carbons (Fsp3) is 0.344. The Labute approximate surface area is 229 Å². The first-order valence-corrected chi connectivity index (χ1v) is 11.6. The molecule has 0 radical (unpaired) electrons. The van der Waals surface area contributed by atoms with Gasteiger partial charge in [0.05, 0.1) is 0 Å². The van der Waals surface area contributed by atoms with Crippen LogP contribution in [0.1, 0.15) is 65.2 Å². The fourth-order valence-electron chi connectivity index (χ4n) is 2.67. The van der Waals surface area contributed by atoms with E-state index in [2.05, 4.69) is 98.7 Å². The maximum atomic E-state index is 7.57. The number of aliphatic hydroxyl groups excluding tert-OH is 1. The van der Waals surface area contributed by atoms with Gasteiger partial charge < -0.3 is 25.9 Å². The van der Waals surface area contributed by atoms with E-state index in [0.717, 1.165) is 0 Å². The van der Waals surface area contributed by atoms with E-state index in [9.17, 15) is 0 Å². The van der Waals surface area contributed by atoms with Crippen molar-refractivity contribution in [3.05, 3.63) is 128 Å². The van der Waals surface area contributed by atoms with Crippen LogP contribution in [-0.4, -0.2) is 11.7 Å². The molecule has 2 heteroatoms. The zero-order valence-electron chi connectivity index (χ0n) is 22.4. The van der Waals surface area contributed by atoms with Crippen LogP contribution in [0.25, 0.3) is 0 Å². The third-order valence-electron chi connectivity index (χ3n) is 4.67. The van der Waals surface area contributed by atoms with E-state index >= 15 is 0 Å². The molecule has 0 saturated carbocycles. The predicted octanol–water partition coefficient (Wildman–Crippen LogP) is 8.39. The van der Waals surface area contributed by atoms with Crippen molar-refractivity contribution in [2.45, 2.75) is 64.7 Å². The van der Waals surface area contributed by atoms with Gasteiger partial charge in [-0.05, 0) is 6.92 Å². The fourth-order valence-corrected chi connectivity index (χ4v) is 2.67. The summed E-state index contributed by atoms with van der Waals surface area (Å²) in [5.74, 6) is 0. The standard InChI is InChI=1S/3C10H13.C2H6O.Hf/c3*1-10(2,3)9-7-5-4-6-8-9;1-2-3;/h3*4-8H,1H2,2-3H3;3H,2H2,1H3;/q3*-1;;. The molecule has 3 rings (SSSR count). The third kappa shape index (κ3) is 16.2. The summed E-state index contributed by atoms with van der Waals surface area (Å²) in [6, 6.07) is 31.0. The second-order valence-electron chi connectivity index (χ2n) is 10.1. The van der Waals surface area contributed by atoms with E-state index in [1.54, 1.807) is 6.92 Å². The molecule has 1 nitrogen and oxygen atoms in total. The number of hydrogen-bond acceptors (Lipinski definition) is 1. The maximum Gasteiger partial charge on any atom is 0.0402 e. The summed E-state index contributed by atoms with van der Waals surface area (Å²) in [5, 5.41) is 7.57. The second-order valence-corrected chi connectivity index (χ2v) is 10.1. The van der Waals surface area contributed by atoms with E-state index in [1.165, 1.54) is 16.7 Å². The van der Waals surface area contributed by atoms with Gasteiger partial charge in [-0.15, -0.1) is 16.2 Å². The van der Waals surface area contributed by atoms with Crippen molar-refractivity contribution in [3.8, 4) is 0 Å². The molecule has 0 bridgehead atoms. The normalized spacial score (nSPS) is 10.7. The summed E-state index contributed by atoms with van der Waals surface area (Å²) in [7, 11) is 0. The Morgan fingerprint density at radius 1 is 0.500 bits per heavy atom. The van der Waals surface area contributed by atoms with Gasteiger partial charge in [0, 0.05) is 32.5 Å². The van der Waals surface area contributed by atoms with Crippen molar-refractivity contribution in [1.82, 2.24) is 0 Å². The van der Waals surface area contributed by atoms with Crippen LogP contribution in [-0.2, 0) is 42.1 Å². The van der Waals surface area contributed by atoms with Gasteiger partial charge in [-0.2, -0.15) is 0 Å². The average Bonchev–Trinajstić information content (AvgIpc) is 2.75. The zero-order valence-corrected chi connectivity index (χ0v) is 26.0. The molecule has 0 unspecified atom stereocenters. The van der Waals surface area contributed by atoms with Gasteiger partial charge in [0.2, 0.25) is 0 Å². The minimum Gasteiger partial charge on any atom is -0.397 e. The van der Waals surface area contributed by atoms with Crippen LogP contribution in [0.5, 0.6) is 0 Å². The molecule has 0 atom stereocenters. The third-order valence-corrected chi connectivity index (χ3v) is 4.67. The van der Waals surface area contributed by atoms with Crippen LogP contribution in [0, 0.1) is 20.8 Å². The molecular formula is C32H45HfO-3. The molecule has 0 amide bonds. The summed E-state index contributed by atoms with van der Waals surface area (Å²) in [4.78, 5) is 0. The Kier molecular flexibility index (Phi) is 17.3. The zero-order chi connectivity index (χ0) is 25.5. The van der Waals surface area contributed by atoms with E-state index in [4.69, 9.17) is 5.11 Å². The summed E-state index contributed by atoms with van der Waals surface area (Å²) >= 11 is 0. The first kappa shape index (κ1) is 34.7. The van der Waals surface area contributed by atoms with E-state index < -0.39 is 0 Å². The average molecular weight is 624 g/mol. The minimum atomic E-state index is 0. The Morgan fingerprint density at radius 2 is 0.647 bits per heavy atom. The topological polar surface area (TPSA) is 20.2 Å². The Hall–Kier alpha value is -1.51. The predicted molar refractivity (Wildman–Crippen MR) is 147 cm³/mol. The summed E-state index contributed by atoms with van der Waals surface area (Å²) in [6.45, 7) is 26.7. The van der Waals surface area contributed by atoms with E-state index in [-0.39, 0.29) is 48.7 Å². The van der Waals surface area contributed by atoms with Crippen LogP contribution < -0.4 is 0 Å². The van der Waals surface area contributed by atoms with Crippen LogP contribution in [0.15, 0.2) is 91.0 Å². The van der Waals surface area contributed by atoms with E-state index in [0.29, 0.717) is 0 Å². The molecule has 0 spiro atoms. The quantitative estimate of drug-likeness (QED) is 0.229. The minimum absolute atomic E-state index is 0. The van der Waals surface area contributed by atoms with Gasteiger partial charge >= 0.3 is 0 Å². The molecule has 0 heterocycles. The van der Waals surface area contributed by atoms with Crippen molar-refractivity contribution in [2.24, 2.45) is 0 Å². The molecule has 0 aliphatic heterocycles. The van der Waals surface area contributed by atoms with E-state index in [1.807, 2.05) is 54.6 Å².